The Morgan fingerprint density at radius 1 is 1.05 bits per heavy atom. The van der Waals surface area contributed by atoms with Crippen molar-refractivity contribution in [2.24, 2.45) is 5.41 Å². The van der Waals surface area contributed by atoms with Crippen LogP contribution in [0.1, 0.15) is 72.9 Å². The zero-order valence-electron chi connectivity index (χ0n) is 22.7. The van der Waals surface area contributed by atoms with Gasteiger partial charge in [0.2, 0.25) is 5.91 Å². The highest BCUT2D eigenvalue weighted by Gasteiger charge is 2.31. The zero-order chi connectivity index (χ0) is 28.5. The Morgan fingerprint density at radius 3 is 2.33 bits per heavy atom. The predicted molar refractivity (Wildman–Crippen MR) is 141 cm³/mol. The number of pyridine rings is 2. The fourth-order valence-electron chi connectivity index (χ4n) is 4.69. The van der Waals surface area contributed by atoms with Gasteiger partial charge in [0.05, 0.1) is 28.7 Å². The molecule has 1 aliphatic rings. The van der Waals surface area contributed by atoms with Crippen LogP contribution < -0.4 is 0 Å². The molecule has 10 heteroatoms. The van der Waals surface area contributed by atoms with Crippen molar-refractivity contribution in [3.05, 3.63) is 77.0 Å². The Bertz CT molecular complexity index is 1380. The molecular formula is C29H32F3N5O2. The summed E-state index contributed by atoms with van der Waals surface area (Å²) in [6.07, 6.45) is 4.06. The number of aromatic nitrogens is 4. The van der Waals surface area contributed by atoms with E-state index in [0.29, 0.717) is 11.3 Å². The highest BCUT2D eigenvalue weighted by molar-refractivity contribution is 5.98. The number of halogens is 3. The highest BCUT2D eigenvalue weighted by Crippen LogP contribution is 2.31. The number of rotatable bonds is 6. The molecule has 0 spiro atoms. The number of carbonyl (C=O) groups excluding carboxylic acids is 2. The van der Waals surface area contributed by atoms with Crippen molar-refractivity contribution in [3.63, 3.8) is 0 Å². The Kier molecular flexibility index (Phi) is 7.77. The maximum atomic E-state index is 13.0. The second kappa shape index (κ2) is 10.7. The number of amides is 1. The van der Waals surface area contributed by atoms with Crippen LogP contribution in [0, 0.1) is 12.3 Å². The molecule has 0 saturated heterocycles. The van der Waals surface area contributed by atoms with Crippen molar-refractivity contribution in [3.8, 4) is 5.82 Å². The number of hydrogen-bond acceptors (Lipinski definition) is 5. The van der Waals surface area contributed by atoms with Crippen LogP contribution in [-0.2, 0) is 17.4 Å². The molecule has 0 N–H and O–H groups in total. The second-order valence-electron chi connectivity index (χ2n) is 10.9. The summed E-state index contributed by atoms with van der Waals surface area (Å²) < 4.78 is 39.8. The number of ketones is 1. The minimum Gasteiger partial charge on any atom is -0.342 e. The Balaban J connectivity index is 1.40. The molecule has 0 fully saturated rings. The topological polar surface area (TPSA) is 81.0 Å². The van der Waals surface area contributed by atoms with Crippen LogP contribution in [0.5, 0.6) is 0 Å². The van der Waals surface area contributed by atoms with Crippen molar-refractivity contribution in [2.75, 3.05) is 7.05 Å². The minimum atomic E-state index is -4.48. The summed E-state index contributed by atoms with van der Waals surface area (Å²) in [4.78, 5) is 35.9. The van der Waals surface area contributed by atoms with Gasteiger partial charge in [-0.05, 0) is 55.5 Å². The molecule has 39 heavy (non-hydrogen) atoms. The fourth-order valence-corrected chi connectivity index (χ4v) is 4.69. The van der Waals surface area contributed by atoms with E-state index < -0.39 is 17.2 Å². The van der Waals surface area contributed by atoms with Crippen molar-refractivity contribution in [1.82, 2.24) is 24.6 Å². The lowest BCUT2D eigenvalue weighted by molar-refractivity contribution is -0.140. The average molecular weight is 540 g/mol. The molecule has 0 radical (unpaired) electrons. The van der Waals surface area contributed by atoms with Gasteiger partial charge < -0.3 is 4.90 Å². The van der Waals surface area contributed by atoms with Gasteiger partial charge in [-0.3, -0.25) is 14.6 Å². The molecule has 0 aliphatic heterocycles. The first kappa shape index (κ1) is 28.2. The van der Waals surface area contributed by atoms with Crippen LogP contribution >= 0.6 is 0 Å². The second-order valence-corrected chi connectivity index (χ2v) is 10.9. The average Bonchev–Trinajstić information content (AvgIpc) is 3.28. The number of carbonyl (C=O) groups is 2. The van der Waals surface area contributed by atoms with Gasteiger partial charge in [0.1, 0.15) is 0 Å². The Labute approximate surface area is 225 Å². The standard InChI is InChI=1S/C29H32F3N5O2/c1-18-23(17-35-37(18)26-13-9-21(16-34-26)29(30,31)32)25(38)14-19-6-12-24(33-15-19)20-7-10-22(11-8-20)36(5)27(39)28(2,3)4/h6-7,9,12-13,15-17,22H,8,10-11,14H2,1-5H3. The fraction of sp³-hybridized carbons (Fsp3) is 0.414. The van der Waals surface area contributed by atoms with E-state index in [4.69, 9.17) is 0 Å². The predicted octanol–water partition coefficient (Wildman–Crippen LogP) is 5.86. The van der Waals surface area contributed by atoms with Gasteiger partial charge in [-0.2, -0.15) is 18.3 Å². The highest BCUT2D eigenvalue weighted by atomic mass is 19.4. The first-order valence-electron chi connectivity index (χ1n) is 12.8. The number of hydrogen-bond donors (Lipinski definition) is 0. The third-order valence-electron chi connectivity index (χ3n) is 7.01. The maximum Gasteiger partial charge on any atom is 0.417 e. The van der Waals surface area contributed by atoms with Crippen LogP contribution in [0.4, 0.5) is 13.2 Å². The Morgan fingerprint density at radius 2 is 1.79 bits per heavy atom. The minimum absolute atomic E-state index is 0.112. The normalized spacial score (nSPS) is 16.1. The summed E-state index contributed by atoms with van der Waals surface area (Å²) >= 11 is 0. The van der Waals surface area contributed by atoms with E-state index in [1.165, 1.54) is 16.9 Å². The lowest BCUT2D eigenvalue weighted by atomic mass is 9.89. The monoisotopic (exact) mass is 539 g/mol. The smallest absolute Gasteiger partial charge is 0.342 e. The zero-order valence-corrected chi connectivity index (χ0v) is 22.7. The summed E-state index contributed by atoms with van der Waals surface area (Å²) in [7, 11) is 1.87. The number of nitrogens with zero attached hydrogens (tertiary/aromatic N) is 5. The molecule has 1 unspecified atom stereocenters. The van der Waals surface area contributed by atoms with E-state index >= 15 is 0 Å². The van der Waals surface area contributed by atoms with Gasteiger partial charge in [0, 0.05) is 37.3 Å². The van der Waals surface area contributed by atoms with Crippen molar-refractivity contribution in [2.45, 2.75) is 65.6 Å². The first-order valence-corrected chi connectivity index (χ1v) is 12.8. The molecule has 1 atom stereocenters. The SMILES string of the molecule is Cc1c(C(=O)Cc2ccc(C3=CCC(N(C)C(=O)C(C)(C)C)CC3)nc2)cnn1-c1ccc(C(F)(F)F)cn1. The molecule has 3 aromatic rings. The summed E-state index contributed by atoms with van der Waals surface area (Å²) in [6.45, 7) is 7.46. The third-order valence-corrected chi connectivity index (χ3v) is 7.01. The summed E-state index contributed by atoms with van der Waals surface area (Å²) in [5.41, 5.74) is 2.32. The van der Waals surface area contributed by atoms with Gasteiger partial charge in [-0.15, -0.1) is 0 Å². The lowest BCUT2D eigenvalue weighted by Gasteiger charge is -2.34. The van der Waals surface area contributed by atoms with Gasteiger partial charge >= 0.3 is 6.18 Å². The molecule has 1 amide bonds. The lowest BCUT2D eigenvalue weighted by Crippen LogP contribution is -2.43. The van der Waals surface area contributed by atoms with E-state index in [0.717, 1.165) is 48.4 Å². The van der Waals surface area contributed by atoms with Crippen molar-refractivity contribution < 1.29 is 22.8 Å². The summed E-state index contributed by atoms with van der Waals surface area (Å²) in [6, 6.07) is 6.10. The van der Waals surface area contributed by atoms with Gasteiger partial charge in [0.25, 0.3) is 0 Å². The third kappa shape index (κ3) is 6.26. The summed E-state index contributed by atoms with van der Waals surface area (Å²) in [5, 5.41) is 4.16. The first-order chi connectivity index (χ1) is 18.3. The molecule has 7 nitrogen and oxygen atoms in total. The van der Waals surface area contributed by atoms with E-state index in [2.05, 4.69) is 21.1 Å². The van der Waals surface area contributed by atoms with Gasteiger partial charge in [-0.25, -0.2) is 9.67 Å². The van der Waals surface area contributed by atoms with Crippen LogP contribution in [0.25, 0.3) is 11.4 Å². The Hall–Kier alpha value is -3.82. The van der Waals surface area contributed by atoms with Crippen LogP contribution in [0.15, 0.2) is 48.9 Å². The van der Waals surface area contributed by atoms with E-state index in [9.17, 15) is 22.8 Å². The van der Waals surface area contributed by atoms with Gasteiger partial charge in [-0.1, -0.05) is 32.9 Å². The van der Waals surface area contributed by atoms with Crippen LogP contribution in [0.3, 0.4) is 0 Å². The van der Waals surface area contributed by atoms with Crippen molar-refractivity contribution >= 4 is 17.3 Å². The van der Waals surface area contributed by atoms with Crippen molar-refractivity contribution in [1.29, 1.82) is 0 Å². The van der Waals surface area contributed by atoms with E-state index in [-0.39, 0.29) is 30.0 Å². The van der Waals surface area contributed by atoms with Crippen LogP contribution in [0.2, 0.25) is 0 Å². The summed E-state index contributed by atoms with van der Waals surface area (Å²) in [5.74, 6) is 0.155. The molecule has 1 aliphatic carbocycles. The molecule has 3 heterocycles. The molecule has 0 bridgehead atoms. The van der Waals surface area contributed by atoms with E-state index in [1.54, 1.807) is 13.1 Å². The number of allylic oxidation sites excluding steroid dienone is 1. The largest absolute Gasteiger partial charge is 0.417 e. The van der Waals surface area contributed by atoms with E-state index in [1.807, 2.05) is 44.9 Å². The molecule has 3 aromatic heterocycles. The van der Waals surface area contributed by atoms with Crippen LogP contribution in [-0.4, -0.2) is 49.4 Å². The number of alkyl halides is 3. The molecule has 4 rings (SSSR count). The number of Topliss-reactive ketones (excluding diaryl/α,β-unsaturated/α-hetero) is 1. The maximum absolute atomic E-state index is 13.0. The molecule has 0 aromatic carbocycles. The molecule has 0 saturated carbocycles. The van der Waals surface area contributed by atoms with Gasteiger partial charge in [0.15, 0.2) is 11.6 Å². The molecule has 206 valence electrons. The quantitative estimate of drug-likeness (QED) is 0.367. The molecular weight excluding hydrogens is 507 g/mol.